The van der Waals surface area contributed by atoms with Crippen LogP contribution >= 0.6 is 11.3 Å². The zero-order valence-corrected chi connectivity index (χ0v) is 12.4. The number of hydrogen-bond acceptors (Lipinski definition) is 3. The Labute approximate surface area is 113 Å². The molecule has 3 nitrogen and oxygen atoms in total. The number of hydrogen-bond donors (Lipinski definition) is 1. The van der Waals surface area contributed by atoms with Gasteiger partial charge in [-0.2, -0.15) is 0 Å². The summed E-state index contributed by atoms with van der Waals surface area (Å²) >= 11 is 1.59. The molecule has 0 spiro atoms. The summed E-state index contributed by atoms with van der Waals surface area (Å²) < 4.78 is 0. The SMILES string of the molecule is Cc1nc(/C=C/C(=O)NC(C)CCC(C)C)cs1. The van der Waals surface area contributed by atoms with Gasteiger partial charge in [-0.25, -0.2) is 4.98 Å². The first-order valence-electron chi connectivity index (χ1n) is 6.38. The summed E-state index contributed by atoms with van der Waals surface area (Å²) in [6.45, 7) is 8.38. The highest BCUT2D eigenvalue weighted by atomic mass is 32.1. The molecule has 0 aromatic carbocycles. The van der Waals surface area contributed by atoms with Gasteiger partial charge < -0.3 is 5.32 Å². The normalized spacial score (nSPS) is 13.2. The van der Waals surface area contributed by atoms with Crippen LogP contribution in [0.2, 0.25) is 0 Å². The van der Waals surface area contributed by atoms with Crippen molar-refractivity contribution in [2.24, 2.45) is 5.92 Å². The van der Waals surface area contributed by atoms with E-state index in [0.29, 0.717) is 5.92 Å². The zero-order chi connectivity index (χ0) is 13.5. The van der Waals surface area contributed by atoms with Crippen LogP contribution in [0.25, 0.3) is 6.08 Å². The highest BCUT2D eigenvalue weighted by Crippen LogP contribution is 2.09. The van der Waals surface area contributed by atoms with Crippen LogP contribution in [0.3, 0.4) is 0 Å². The number of nitrogens with zero attached hydrogens (tertiary/aromatic N) is 1. The van der Waals surface area contributed by atoms with Crippen molar-refractivity contribution in [2.75, 3.05) is 0 Å². The van der Waals surface area contributed by atoms with Crippen LogP contribution in [0, 0.1) is 12.8 Å². The molecule has 0 saturated heterocycles. The number of amides is 1. The number of carbonyl (C=O) groups is 1. The molecule has 0 aliphatic carbocycles. The molecule has 0 fully saturated rings. The summed E-state index contributed by atoms with van der Waals surface area (Å²) in [6.07, 6.45) is 5.47. The van der Waals surface area contributed by atoms with E-state index >= 15 is 0 Å². The molecule has 0 saturated carbocycles. The molecule has 1 N–H and O–H groups in total. The second-order valence-corrected chi connectivity index (χ2v) is 6.07. The Kier molecular flexibility index (Phi) is 6.05. The Balaban J connectivity index is 2.34. The van der Waals surface area contributed by atoms with E-state index in [1.807, 2.05) is 19.2 Å². The fraction of sp³-hybridized carbons (Fsp3) is 0.571. The third-order valence-electron chi connectivity index (χ3n) is 2.61. The maximum absolute atomic E-state index is 11.7. The van der Waals surface area contributed by atoms with Crippen LogP contribution < -0.4 is 5.32 Å². The van der Waals surface area contributed by atoms with Crippen molar-refractivity contribution in [1.82, 2.24) is 10.3 Å². The van der Waals surface area contributed by atoms with Crippen molar-refractivity contribution < 1.29 is 4.79 Å². The number of nitrogens with one attached hydrogen (secondary N) is 1. The van der Waals surface area contributed by atoms with Crippen molar-refractivity contribution in [2.45, 2.75) is 46.6 Å². The molecule has 0 bridgehead atoms. The molecule has 0 aliphatic heterocycles. The monoisotopic (exact) mass is 266 g/mol. The van der Waals surface area contributed by atoms with Gasteiger partial charge in [-0.05, 0) is 38.7 Å². The number of rotatable bonds is 6. The molecule has 0 aliphatic rings. The average molecular weight is 266 g/mol. The van der Waals surface area contributed by atoms with E-state index in [-0.39, 0.29) is 11.9 Å². The molecule has 18 heavy (non-hydrogen) atoms. The molecule has 4 heteroatoms. The molecule has 0 radical (unpaired) electrons. The number of thiazole rings is 1. The Morgan fingerprint density at radius 3 is 2.72 bits per heavy atom. The minimum Gasteiger partial charge on any atom is -0.350 e. The maximum Gasteiger partial charge on any atom is 0.244 e. The van der Waals surface area contributed by atoms with Gasteiger partial charge in [0.2, 0.25) is 5.91 Å². The van der Waals surface area contributed by atoms with Gasteiger partial charge in [0, 0.05) is 17.5 Å². The smallest absolute Gasteiger partial charge is 0.244 e. The highest BCUT2D eigenvalue weighted by Gasteiger charge is 2.05. The quantitative estimate of drug-likeness (QED) is 0.802. The van der Waals surface area contributed by atoms with E-state index in [9.17, 15) is 4.79 Å². The van der Waals surface area contributed by atoms with Crippen LogP contribution in [0.5, 0.6) is 0 Å². The van der Waals surface area contributed by atoms with Gasteiger partial charge in [-0.15, -0.1) is 11.3 Å². The van der Waals surface area contributed by atoms with Crippen molar-refractivity contribution >= 4 is 23.3 Å². The molecule has 1 atom stereocenters. The van der Waals surface area contributed by atoms with Gasteiger partial charge in [0.1, 0.15) is 0 Å². The van der Waals surface area contributed by atoms with E-state index in [4.69, 9.17) is 0 Å². The van der Waals surface area contributed by atoms with Crippen LogP contribution in [-0.2, 0) is 4.79 Å². The standard InChI is InChI=1S/C14H22N2OS/c1-10(2)5-6-11(3)15-14(17)8-7-13-9-18-12(4)16-13/h7-11H,5-6H2,1-4H3,(H,15,17)/b8-7+. The first kappa shape index (κ1) is 14.9. The Morgan fingerprint density at radius 2 is 2.17 bits per heavy atom. The van der Waals surface area contributed by atoms with Crippen LogP contribution in [0.4, 0.5) is 0 Å². The lowest BCUT2D eigenvalue weighted by Gasteiger charge is -2.13. The van der Waals surface area contributed by atoms with Gasteiger partial charge in [-0.3, -0.25) is 4.79 Å². The van der Waals surface area contributed by atoms with E-state index in [1.54, 1.807) is 23.5 Å². The van der Waals surface area contributed by atoms with Crippen LogP contribution in [0.15, 0.2) is 11.5 Å². The summed E-state index contributed by atoms with van der Waals surface area (Å²) in [4.78, 5) is 15.9. The first-order chi connectivity index (χ1) is 8.47. The van der Waals surface area contributed by atoms with Crippen molar-refractivity contribution in [1.29, 1.82) is 0 Å². The van der Waals surface area contributed by atoms with E-state index in [0.717, 1.165) is 23.5 Å². The van der Waals surface area contributed by atoms with E-state index in [2.05, 4.69) is 24.1 Å². The molecule has 1 aromatic rings. The maximum atomic E-state index is 11.7. The fourth-order valence-electron chi connectivity index (χ4n) is 1.56. The first-order valence-corrected chi connectivity index (χ1v) is 7.26. The second-order valence-electron chi connectivity index (χ2n) is 5.01. The summed E-state index contributed by atoms with van der Waals surface area (Å²) in [7, 11) is 0. The van der Waals surface area contributed by atoms with Gasteiger partial charge in [0.05, 0.1) is 10.7 Å². The fourth-order valence-corrected chi connectivity index (χ4v) is 2.14. The second kappa shape index (κ2) is 7.31. The Bertz CT molecular complexity index is 410. The van der Waals surface area contributed by atoms with Gasteiger partial charge in [0.25, 0.3) is 0 Å². The van der Waals surface area contributed by atoms with Gasteiger partial charge in [0.15, 0.2) is 0 Å². The molecular weight excluding hydrogens is 244 g/mol. The van der Waals surface area contributed by atoms with Crippen molar-refractivity contribution in [3.05, 3.63) is 22.2 Å². The molecule has 1 rings (SSSR count). The lowest BCUT2D eigenvalue weighted by Crippen LogP contribution is -2.31. The van der Waals surface area contributed by atoms with E-state index in [1.165, 1.54) is 0 Å². The molecule has 1 heterocycles. The average Bonchev–Trinajstić information content (AvgIpc) is 2.70. The summed E-state index contributed by atoms with van der Waals surface area (Å²) in [5.74, 6) is 0.634. The Morgan fingerprint density at radius 1 is 1.44 bits per heavy atom. The van der Waals surface area contributed by atoms with Gasteiger partial charge >= 0.3 is 0 Å². The third-order valence-corrected chi connectivity index (χ3v) is 3.40. The van der Waals surface area contributed by atoms with Gasteiger partial charge in [-0.1, -0.05) is 13.8 Å². The number of carbonyl (C=O) groups excluding carboxylic acids is 1. The number of aryl methyl sites for hydroxylation is 1. The lowest BCUT2D eigenvalue weighted by molar-refractivity contribution is -0.117. The molecule has 1 amide bonds. The minimum atomic E-state index is -0.0445. The molecular formula is C14H22N2OS. The predicted molar refractivity (Wildman–Crippen MR) is 77.6 cm³/mol. The van der Waals surface area contributed by atoms with Crippen LogP contribution in [-0.4, -0.2) is 16.9 Å². The molecule has 100 valence electrons. The lowest BCUT2D eigenvalue weighted by atomic mass is 10.0. The molecule has 1 aromatic heterocycles. The minimum absolute atomic E-state index is 0.0445. The topological polar surface area (TPSA) is 42.0 Å². The highest BCUT2D eigenvalue weighted by molar-refractivity contribution is 7.09. The number of aromatic nitrogens is 1. The van der Waals surface area contributed by atoms with E-state index < -0.39 is 0 Å². The summed E-state index contributed by atoms with van der Waals surface area (Å²) in [5, 5.41) is 5.92. The zero-order valence-electron chi connectivity index (χ0n) is 11.6. The van der Waals surface area contributed by atoms with Crippen LogP contribution in [0.1, 0.15) is 44.3 Å². The van der Waals surface area contributed by atoms with Crippen molar-refractivity contribution in [3.8, 4) is 0 Å². The largest absolute Gasteiger partial charge is 0.350 e. The summed E-state index contributed by atoms with van der Waals surface area (Å²) in [5.41, 5.74) is 0.850. The summed E-state index contributed by atoms with van der Waals surface area (Å²) in [6, 6.07) is 0.224. The molecule has 1 unspecified atom stereocenters. The third kappa shape index (κ3) is 5.96. The predicted octanol–water partition coefficient (Wildman–Crippen LogP) is 3.41. The van der Waals surface area contributed by atoms with Crippen molar-refractivity contribution in [3.63, 3.8) is 0 Å². The Hall–Kier alpha value is -1.16.